The number of rotatable bonds is 2. The number of alkyl halides is 1. The number of carbonyl (C=O) groups is 2. The van der Waals surface area contributed by atoms with Crippen LogP contribution >= 0.6 is 27.7 Å². The molecule has 0 spiro atoms. The van der Waals surface area contributed by atoms with Crippen LogP contribution in [-0.2, 0) is 9.53 Å². The zero-order valence-corrected chi connectivity index (χ0v) is 12.1. The molecule has 1 rings (SSSR count). The van der Waals surface area contributed by atoms with Crippen LogP contribution < -0.4 is 5.32 Å². The summed E-state index contributed by atoms with van der Waals surface area (Å²) in [5.74, 6) is -1.05. The first kappa shape index (κ1) is 14.4. The molecule has 0 saturated carbocycles. The minimum absolute atomic E-state index is 0.613. The number of hydrogen-bond acceptors (Lipinski definition) is 4. The van der Waals surface area contributed by atoms with Crippen molar-refractivity contribution in [1.82, 2.24) is 5.32 Å². The van der Waals surface area contributed by atoms with Crippen LogP contribution in [0.25, 0.3) is 0 Å². The van der Waals surface area contributed by atoms with Gasteiger partial charge in [-0.2, -0.15) is 0 Å². The Bertz CT molecular complexity index is 366. The second-order valence-corrected chi connectivity index (χ2v) is 7.45. The van der Waals surface area contributed by atoms with Crippen LogP contribution in [0.15, 0.2) is 11.5 Å². The Balaban J connectivity index is 2.66. The van der Waals surface area contributed by atoms with E-state index in [1.54, 1.807) is 32.3 Å². The molecule has 2 unspecified atom stereocenters. The summed E-state index contributed by atoms with van der Waals surface area (Å²) in [6, 6.07) is -0.653. The molecule has 1 aliphatic rings. The van der Waals surface area contributed by atoms with Gasteiger partial charge in [0.15, 0.2) is 3.66 Å². The van der Waals surface area contributed by atoms with E-state index in [-0.39, 0.29) is 0 Å². The van der Waals surface area contributed by atoms with Crippen LogP contribution in [-0.4, -0.2) is 32.5 Å². The Morgan fingerprint density at radius 1 is 1.53 bits per heavy atom. The van der Waals surface area contributed by atoms with Crippen molar-refractivity contribution in [3.8, 4) is 0 Å². The SMILES string of the molecule is CC(C)(C)OC(=O)NC1C=CSC1(Br)C(=O)O. The molecular weight excluding hydrogens is 310 g/mol. The maximum atomic E-state index is 11.5. The van der Waals surface area contributed by atoms with Crippen LogP contribution in [0.5, 0.6) is 0 Å². The summed E-state index contributed by atoms with van der Waals surface area (Å²) in [7, 11) is 0. The fraction of sp³-hybridized carbons (Fsp3) is 0.600. The summed E-state index contributed by atoms with van der Waals surface area (Å²) in [5, 5.41) is 13.2. The molecule has 0 aromatic heterocycles. The first-order valence-electron chi connectivity index (χ1n) is 4.91. The Hall–Kier alpha value is -0.690. The molecule has 0 aromatic carbocycles. The number of carboxylic acids is 1. The summed E-state index contributed by atoms with van der Waals surface area (Å²) >= 11 is 4.20. The van der Waals surface area contributed by atoms with Crippen molar-refractivity contribution in [1.29, 1.82) is 0 Å². The highest BCUT2D eigenvalue weighted by molar-refractivity contribution is 9.12. The van der Waals surface area contributed by atoms with Crippen LogP contribution in [0, 0.1) is 0 Å². The zero-order chi connectivity index (χ0) is 13.3. The van der Waals surface area contributed by atoms with E-state index in [4.69, 9.17) is 9.84 Å². The van der Waals surface area contributed by atoms with E-state index in [2.05, 4.69) is 21.2 Å². The normalized spacial score (nSPS) is 27.9. The van der Waals surface area contributed by atoms with E-state index in [0.717, 1.165) is 11.8 Å². The quantitative estimate of drug-likeness (QED) is 0.763. The average Bonchev–Trinajstić information content (AvgIpc) is 2.45. The number of ether oxygens (including phenoxy) is 1. The minimum atomic E-state index is -1.26. The molecule has 96 valence electrons. The van der Waals surface area contributed by atoms with Crippen LogP contribution in [0.2, 0.25) is 0 Å². The van der Waals surface area contributed by atoms with Gasteiger partial charge in [-0.15, -0.1) is 11.8 Å². The van der Waals surface area contributed by atoms with Gasteiger partial charge in [0.1, 0.15) is 5.60 Å². The summed E-state index contributed by atoms with van der Waals surface area (Å²) < 4.78 is 3.81. The van der Waals surface area contributed by atoms with Gasteiger partial charge in [0.05, 0.1) is 6.04 Å². The molecular formula is C10H14BrNO4S. The van der Waals surface area contributed by atoms with Gasteiger partial charge < -0.3 is 15.2 Å². The van der Waals surface area contributed by atoms with Crippen LogP contribution in [0.4, 0.5) is 4.79 Å². The molecule has 2 N–H and O–H groups in total. The first-order chi connectivity index (χ1) is 7.65. The summed E-state index contributed by atoms with van der Waals surface area (Å²) in [6.45, 7) is 5.22. The van der Waals surface area contributed by atoms with Crippen molar-refractivity contribution >= 4 is 39.8 Å². The summed E-state index contributed by atoms with van der Waals surface area (Å²) in [5.41, 5.74) is -0.613. The van der Waals surface area contributed by atoms with Crippen molar-refractivity contribution in [3.05, 3.63) is 11.5 Å². The number of amides is 1. The van der Waals surface area contributed by atoms with E-state index < -0.39 is 27.4 Å². The minimum Gasteiger partial charge on any atom is -0.479 e. The summed E-state index contributed by atoms with van der Waals surface area (Å²) in [4.78, 5) is 22.6. The maximum absolute atomic E-state index is 11.5. The zero-order valence-electron chi connectivity index (χ0n) is 9.69. The molecule has 0 bridgehead atoms. The lowest BCUT2D eigenvalue weighted by molar-refractivity contribution is -0.137. The van der Waals surface area contributed by atoms with Gasteiger partial charge in [-0.3, -0.25) is 0 Å². The maximum Gasteiger partial charge on any atom is 0.408 e. The van der Waals surface area contributed by atoms with E-state index in [0.29, 0.717) is 0 Å². The molecule has 0 radical (unpaired) electrons. The fourth-order valence-corrected chi connectivity index (χ4v) is 2.58. The lowest BCUT2D eigenvalue weighted by Crippen LogP contribution is -2.49. The largest absolute Gasteiger partial charge is 0.479 e. The second kappa shape index (κ2) is 4.89. The molecule has 1 heterocycles. The highest BCUT2D eigenvalue weighted by atomic mass is 79.9. The highest BCUT2D eigenvalue weighted by Crippen LogP contribution is 2.42. The summed E-state index contributed by atoms with van der Waals surface area (Å²) in [6.07, 6.45) is 0.969. The molecule has 1 aliphatic heterocycles. The molecule has 0 aromatic rings. The lowest BCUT2D eigenvalue weighted by atomic mass is 10.2. The molecule has 0 saturated heterocycles. The molecule has 0 fully saturated rings. The topological polar surface area (TPSA) is 75.6 Å². The lowest BCUT2D eigenvalue weighted by Gasteiger charge is -2.26. The predicted molar refractivity (Wildman–Crippen MR) is 69.2 cm³/mol. The van der Waals surface area contributed by atoms with Gasteiger partial charge in [-0.25, -0.2) is 9.59 Å². The molecule has 17 heavy (non-hydrogen) atoms. The molecule has 5 nitrogen and oxygen atoms in total. The molecule has 1 amide bonds. The third-order valence-electron chi connectivity index (χ3n) is 1.87. The number of nitrogens with one attached hydrogen (secondary N) is 1. The van der Waals surface area contributed by atoms with E-state index >= 15 is 0 Å². The first-order valence-corrected chi connectivity index (χ1v) is 6.59. The van der Waals surface area contributed by atoms with Gasteiger partial charge in [-0.05, 0) is 26.2 Å². The van der Waals surface area contributed by atoms with Gasteiger partial charge >= 0.3 is 12.1 Å². The monoisotopic (exact) mass is 323 g/mol. The van der Waals surface area contributed by atoms with Gasteiger partial charge in [0, 0.05) is 0 Å². The Labute approximate surface area is 112 Å². The van der Waals surface area contributed by atoms with E-state index in [9.17, 15) is 9.59 Å². The number of alkyl carbamates (subject to hydrolysis) is 1. The third kappa shape index (κ3) is 3.64. The number of aliphatic carboxylic acids is 1. The third-order valence-corrected chi connectivity index (χ3v) is 4.33. The second-order valence-electron chi connectivity index (χ2n) is 4.52. The fourth-order valence-electron chi connectivity index (χ4n) is 1.17. The Kier molecular flexibility index (Phi) is 4.14. The van der Waals surface area contributed by atoms with Gasteiger partial charge in [0.25, 0.3) is 0 Å². The average molecular weight is 324 g/mol. The smallest absolute Gasteiger partial charge is 0.408 e. The molecule has 0 aliphatic carbocycles. The predicted octanol–water partition coefficient (Wildman–Crippen LogP) is 2.32. The standard InChI is InChI=1S/C10H14BrNO4S/c1-9(2,3)16-8(15)12-6-4-5-17-10(6,11)7(13)14/h4-6H,1-3H3,(H,12,15)(H,13,14). The number of halogens is 1. The van der Waals surface area contributed by atoms with E-state index in [1.165, 1.54) is 0 Å². The van der Waals surface area contributed by atoms with Crippen molar-refractivity contribution in [2.24, 2.45) is 0 Å². The van der Waals surface area contributed by atoms with Crippen LogP contribution in [0.3, 0.4) is 0 Å². The Morgan fingerprint density at radius 2 is 2.12 bits per heavy atom. The Morgan fingerprint density at radius 3 is 2.59 bits per heavy atom. The van der Waals surface area contributed by atoms with Crippen molar-refractivity contribution in [2.75, 3.05) is 0 Å². The van der Waals surface area contributed by atoms with Crippen LogP contribution in [0.1, 0.15) is 20.8 Å². The van der Waals surface area contributed by atoms with Crippen molar-refractivity contribution < 1.29 is 19.4 Å². The highest BCUT2D eigenvalue weighted by Gasteiger charge is 2.47. The van der Waals surface area contributed by atoms with Gasteiger partial charge in [-0.1, -0.05) is 22.0 Å². The van der Waals surface area contributed by atoms with Crippen molar-refractivity contribution in [3.63, 3.8) is 0 Å². The molecule has 2 atom stereocenters. The number of carboxylic acid groups (broad SMARTS) is 1. The van der Waals surface area contributed by atoms with Crippen molar-refractivity contribution in [2.45, 2.75) is 36.1 Å². The molecule has 7 heteroatoms. The number of hydrogen-bond donors (Lipinski definition) is 2. The number of thioether (sulfide) groups is 1. The van der Waals surface area contributed by atoms with Gasteiger partial charge in [0.2, 0.25) is 0 Å². The number of carbonyl (C=O) groups excluding carboxylic acids is 1. The van der Waals surface area contributed by atoms with E-state index in [1.807, 2.05) is 0 Å².